The summed E-state index contributed by atoms with van der Waals surface area (Å²) in [5.41, 5.74) is -0.0476. The molecule has 3 nitrogen and oxygen atoms in total. The fraction of sp³-hybridized carbons (Fsp3) is 1.00. The smallest absolute Gasteiger partial charge is 0.0712 e. The van der Waals surface area contributed by atoms with E-state index in [4.69, 9.17) is 4.74 Å². The van der Waals surface area contributed by atoms with Crippen molar-refractivity contribution >= 4 is 0 Å². The minimum atomic E-state index is -0.299. The van der Waals surface area contributed by atoms with Gasteiger partial charge in [-0.3, -0.25) is 0 Å². The third-order valence-corrected chi connectivity index (χ3v) is 2.41. The number of rotatable bonds is 6. The minimum Gasteiger partial charge on any atom is -0.391 e. The highest BCUT2D eigenvalue weighted by Gasteiger charge is 2.21. The van der Waals surface area contributed by atoms with Gasteiger partial charge in [-0.05, 0) is 18.8 Å². The van der Waals surface area contributed by atoms with Crippen LogP contribution in [0.1, 0.15) is 34.1 Å². The van der Waals surface area contributed by atoms with E-state index in [1.54, 1.807) is 7.11 Å². The van der Waals surface area contributed by atoms with Gasteiger partial charge in [0.1, 0.15) is 0 Å². The third-order valence-electron chi connectivity index (χ3n) is 2.41. The van der Waals surface area contributed by atoms with Crippen LogP contribution in [0, 0.1) is 5.41 Å². The number of nitrogens with one attached hydrogen (secondary N) is 1. The first-order valence-electron chi connectivity index (χ1n) is 5.28. The lowest BCUT2D eigenvalue weighted by Crippen LogP contribution is -2.40. The van der Waals surface area contributed by atoms with Crippen molar-refractivity contribution in [3.05, 3.63) is 0 Å². The zero-order valence-electron chi connectivity index (χ0n) is 10.1. The molecule has 2 N–H and O–H groups in total. The summed E-state index contributed by atoms with van der Waals surface area (Å²) in [4.78, 5) is 0. The molecule has 0 fully saturated rings. The summed E-state index contributed by atoms with van der Waals surface area (Å²) in [7, 11) is 1.71. The Labute approximate surface area is 87.8 Å². The number of hydrogen-bond acceptors (Lipinski definition) is 3. The molecule has 0 aliphatic heterocycles. The minimum absolute atomic E-state index is 0.0476. The van der Waals surface area contributed by atoms with Crippen molar-refractivity contribution in [2.75, 3.05) is 20.3 Å². The van der Waals surface area contributed by atoms with Crippen LogP contribution in [0.2, 0.25) is 0 Å². The van der Waals surface area contributed by atoms with Crippen LogP contribution in [-0.2, 0) is 4.74 Å². The van der Waals surface area contributed by atoms with Gasteiger partial charge in [0.15, 0.2) is 0 Å². The highest BCUT2D eigenvalue weighted by molar-refractivity contribution is 4.76. The van der Waals surface area contributed by atoms with E-state index in [2.05, 4.69) is 12.2 Å². The maximum absolute atomic E-state index is 9.77. The first-order chi connectivity index (χ1) is 6.38. The third kappa shape index (κ3) is 6.35. The van der Waals surface area contributed by atoms with Gasteiger partial charge in [-0.2, -0.15) is 0 Å². The molecule has 2 unspecified atom stereocenters. The maximum Gasteiger partial charge on any atom is 0.0712 e. The molecule has 0 aromatic rings. The Kier molecular flexibility index (Phi) is 6.33. The van der Waals surface area contributed by atoms with Crippen LogP contribution in [0.5, 0.6) is 0 Å². The number of ether oxygens (including phenoxy) is 1. The van der Waals surface area contributed by atoms with E-state index >= 15 is 0 Å². The van der Waals surface area contributed by atoms with Crippen molar-refractivity contribution in [2.45, 2.75) is 46.3 Å². The summed E-state index contributed by atoms with van der Waals surface area (Å²) >= 11 is 0. The predicted octanol–water partition coefficient (Wildman–Crippen LogP) is 1.41. The topological polar surface area (TPSA) is 41.5 Å². The molecular weight excluding hydrogens is 178 g/mol. The van der Waals surface area contributed by atoms with Gasteiger partial charge >= 0.3 is 0 Å². The van der Waals surface area contributed by atoms with E-state index < -0.39 is 0 Å². The lowest BCUT2D eigenvalue weighted by Gasteiger charge is -2.27. The van der Waals surface area contributed by atoms with Gasteiger partial charge in [-0.1, -0.05) is 20.8 Å². The molecule has 0 aliphatic rings. The quantitative estimate of drug-likeness (QED) is 0.686. The fourth-order valence-electron chi connectivity index (χ4n) is 1.02. The van der Waals surface area contributed by atoms with Crippen LogP contribution in [0.4, 0.5) is 0 Å². The summed E-state index contributed by atoms with van der Waals surface area (Å²) in [5, 5.41) is 13.1. The molecule has 0 spiro atoms. The maximum atomic E-state index is 9.77. The van der Waals surface area contributed by atoms with Gasteiger partial charge in [0.05, 0.1) is 6.10 Å². The average Bonchev–Trinajstić information content (AvgIpc) is 2.09. The number of methoxy groups -OCH3 is 1. The molecule has 14 heavy (non-hydrogen) atoms. The number of aliphatic hydroxyl groups is 1. The molecule has 0 aromatic heterocycles. The first kappa shape index (κ1) is 13.9. The van der Waals surface area contributed by atoms with Gasteiger partial charge in [0, 0.05) is 26.3 Å². The van der Waals surface area contributed by atoms with Crippen molar-refractivity contribution in [3.63, 3.8) is 0 Å². The van der Waals surface area contributed by atoms with Crippen LogP contribution in [-0.4, -0.2) is 37.5 Å². The monoisotopic (exact) mass is 203 g/mol. The Morgan fingerprint density at radius 2 is 1.93 bits per heavy atom. The normalized spacial score (nSPS) is 16.7. The van der Waals surface area contributed by atoms with Crippen LogP contribution in [0.15, 0.2) is 0 Å². The molecular formula is C11H25NO2. The summed E-state index contributed by atoms with van der Waals surface area (Å²) < 4.78 is 4.98. The molecule has 0 radical (unpaired) electrons. The fourth-order valence-corrected chi connectivity index (χ4v) is 1.02. The van der Waals surface area contributed by atoms with E-state index in [9.17, 15) is 5.11 Å². The highest BCUT2D eigenvalue weighted by Crippen LogP contribution is 2.18. The van der Waals surface area contributed by atoms with Crippen molar-refractivity contribution in [2.24, 2.45) is 5.41 Å². The van der Waals surface area contributed by atoms with Crippen LogP contribution >= 0.6 is 0 Å². The SMILES string of the molecule is COCCC(C)NCC(O)C(C)(C)C. The van der Waals surface area contributed by atoms with E-state index in [-0.39, 0.29) is 11.5 Å². The molecule has 0 aromatic carbocycles. The Balaban J connectivity index is 3.61. The second kappa shape index (κ2) is 6.38. The van der Waals surface area contributed by atoms with Crippen LogP contribution in [0.3, 0.4) is 0 Å². The molecule has 0 heterocycles. The van der Waals surface area contributed by atoms with Crippen molar-refractivity contribution < 1.29 is 9.84 Å². The predicted molar refractivity (Wildman–Crippen MR) is 59.4 cm³/mol. The molecule has 0 aliphatic carbocycles. The van der Waals surface area contributed by atoms with Crippen molar-refractivity contribution in [3.8, 4) is 0 Å². The molecule has 0 bridgehead atoms. The largest absolute Gasteiger partial charge is 0.391 e. The molecule has 2 atom stereocenters. The summed E-state index contributed by atoms with van der Waals surface area (Å²) in [6.45, 7) is 9.64. The van der Waals surface area contributed by atoms with Gasteiger partial charge in [0.2, 0.25) is 0 Å². The summed E-state index contributed by atoms with van der Waals surface area (Å²) in [6, 6.07) is 0.395. The molecule has 0 amide bonds. The molecule has 0 rings (SSSR count). The Hall–Kier alpha value is -0.120. The molecule has 0 saturated carbocycles. The Morgan fingerprint density at radius 1 is 1.36 bits per heavy atom. The zero-order valence-corrected chi connectivity index (χ0v) is 10.1. The number of aliphatic hydroxyl groups excluding tert-OH is 1. The summed E-state index contributed by atoms with van der Waals surface area (Å²) in [6.07, 6.45) is 0.681. The molecule has 3 heteroatoms. The standard InChI is InChI=1S/C11H25NO2/c1-9(6-7-14-5)12-8-10(13)11(2,3)4/h9-10,12-13H,6-8H2,1-5H3. The lowest BCUT2D eigenvalue weighted by atomic mass is 9.89. The Bertz CT molecular complexity index is 143. The van der Waals surface area contributed by atoms with Crippen molar-refractivity contribution in [1.29, 1.82) is 0 Å². The van der Waals surface area contributed by atoms with E-state index in [0.717, 1.165) is 13.0 Å². The van der Waals surface area contributed by atoms with E-state index in [1.807, 2.05) is 20.8 Å². The van der Waals surface area contributed by atoms with E-state index in [0.29, 0.717) is 12.6 Å². The average molecular weight is 203 g/mol. The molecule has 86 valence electrons. The number of hydrogen-bond donors (Lipinski definition) is 2. The Morgan fingerprint density at radius 3 is 2.36 bits per heavy atom. The highest BCUT2D eigenvalue weighted by atomic mass is 16.5. The zero-order chi connectivity index (χ0) is 11.2. The lowest BCUT2D eigenvalue weighted by molar-refractivity contribution is 0.0596. The molecule has 0 saturated heterocycles. The second-order valence-corrected chi connectivity index (χ2v) is 4.97. The summed E-state index contributed by atoms with van der Waals surface area (Å²) in [5.74, 6) is 0. The van der Waals surface area contributed by atoms with Crippen molar-refractivity contribution in [1.82, 2.24) is 5.32 Å². The van der Waals surface area contributed by atoms with Crippen LogP contribution < -0.4 is 5.32 Å². The first-order valence-corrected chi connectivity index (χ1v) is 5.28. The second-order valence-electron chi connectivity index (χ2n) is 4.97. The van der Waals surface area contributed by atoms with Gasteiger partial charge in [-0.25, -0.2) is 0 Å². The van der Waals surface area contributed by atoms with Gasteiger partial charge < -0.3 is 15.2 Å². The van der Waals surface area contributed by atoms with E-state index in [1.165, 1.54) is 0 Å². The van der Waals surface area contributed by atoms with Gasteiger partial charge in [0.25, 0.3) is 0 Å². The van der Waals surface area contributed by atoms with Gasteiger partial charge in [-0.15, -0.1) is 0 Å². The van der Waals surface area contributed by atoms with Crippen LogP contribution in [0.25, 0.3) is 0 Å².